The Hall–Kier alpha value is -2.48. The molecular formula is C14H16N4O3S. The van der Waals surface area contributed by atoms with E-state index in [0.29, 0.717) is 12.2 Å². The largest absolute Gasteiger partial charge is 0.384 e. The molecule has 0 atom stereocenters. The van der Waals surface area contributed by atoms with E-state index in [1.807, 2.05) is 13.1 Å². The van der Waals surface area contributed by atoms with Gasteiger partial charge in [0.05, 0.1) is 15.5 Å². The Balaban J connectivity index is 2.11. The van der Waals surface area contributed by atoms with Crippen molar-refractivity contribution in [2.75, 3.05) is 18.9 Å². The Kier molecular flexibility index (Phi) is 5.05. The summed E-state index contributed by atoms with van der Waals surface area (Å²) in [6.07, 6.45) is 2.55. The number of carbonyl (C=O) groups excluding carboxylic acids is 1. The normalized spacial score (nSPS) is 10.3. The topological polar surface area (TPSA) is 97.2 Å². The van der Waals surface area contributed by atoms with E-state index in [1.54, 1.807) is 17.4 Å². The van der Waals surface area contributed by atoms with E-state index in [-0.39, 0.29) is 17.2 Å². The highest BCUT2D eigenvalue weighted by Crippen LogP contribution is 2.22. The zero-order valence-corrected chi connectivity index (χ0v) is 13.1. The Morgan fingerprint density at radius 1 is 1.45 bits per heavy atom. The first-order valence-corrected chi connectivity index (χ1v) is 7.48. The predicted molar refractivity (Wildman–Crippen MR) is 85.5 cm³/mol. The van der Waals surface area contributed by atoms with Crippen LogP contribution in [0.4, 0.5) is 11.4 Å². The third-order valence-electron chi connectivity index (χ3n) is 3.01. The number of aromatic nitrogens is 1. The van der Waals surface area contributed by atoms with Crippen molar-refractivity contribution in [3.8, 4) is 0 Å². The highest BCUT2D eigenvalue weighted by Gasteiger charge is 2.15. The van der Waals surface area contributed by atoms with Crippen LogP contribution in [0.1, 0.15) is 20.2 Å². The van der Waals surface area contributed by atoms with Gasteiger partial charge in [0, 0.05) is 48.9 Å². The zero-order chi connectivity index (χ0) is 16.1. The molecule has 116 valence electrons. The minimum atomic E-state index is -0.519. The Bertz CT molecular complexity index is 699. The van der Waals surface area contributed by atoms with Gasteiger partial charge in [-0.25, -0.2) is 4.98 Å². The Morgan fingerprint density at radius 3 is 2.82 bits per heavy atom. The average molecular weight is 320 g/mol. The van der Waals surface area contributed by atoms with Crippen LogP contribution in [0, 0.1) is 17.0 Å². The summed E-state index contributed by atoms with van der Waals surface area (Å²) in [6.45, 7) is 2.59. The van der Waals surface area contributed by atoms with E-state index in [9.17, 15) is 14.9 Å². The van der Waals surface area contributed by atoms with E-state index in [1.165, 1.54) is 19.2 Å². The van der Waals surface area contributed by atoms with Crippen LogP contribution in [0.3, 0.4) is 0 Å². The molecule has 7 nitrogen and oxygen atoms in total. The van der Waals surface area contributed by atoms with Crippen LogP contribution in [0.15, 0.2) is 24.4 Å². The molecule has 2 N–H and O–H groups in total. The van der Waals surface area contributed by atoms with Gasteiger partial charge in [0.15, 0.2) is 0 Å². The number of thiazole rings is 1. The molecule has 1 aromatic carbocycles. The van der Waals surface area contributed by atoms with Crippen molar-refractivity contribution < 1.29 is 9.72 Å². The molecule has 0 aliphatic rings. The number of hydrogen-bond acceptors (Lipinski definition) is 6. The van der Waals surface area contributed by atoms with Crippen molar-refractivity contribution >= 4 is 28.6 Å². The van der Waals surface area contributed by atoms with E-state index in [4.69, 9.17) is 0 Å². The van der Waals surface area contributed by atoms with Crippen LogP contribution in [-0.4, -0.2) is 29.4 Å². The van der Waals surface area contributed by atoms with Crippen molar-refractivity contribution in [2.45, 2.75) is 13.3 Å². The molecule has 0 radical (unpaired) electrons. The molecule has 22 heavy (non-hydrogen) atoms. The summed E-state index contributed by atoms with van der Waals surface area (Å²) in [5.74, 6) is -0.365. The monoisotopic (exact) mass is 320 g/mol. The number of nitrogens with one attached hydrogen (secondary N) is 2. The van der Waals surface area contributed by atoms with E-state index >= 15 is 0 Å². The van der Waals surface area contributed by atoms with Crippen LogP contribution >= 0.6 is 11.3 Å². The number of anilines is 1. The summed E-state index contributed by atoms with van der Waals surface area (Å²) in [6, 6.07) is 4.20. The average Bonchev–Trinajstić information content (AvgIpc) is 2.92. The predicted octanol–water partition coefficient (Wildman–Crippen LogP) is 2.37. The van der Waals surface area contributed by atoms with Gasteiger partial charge in [-0.05, 0) is 13.0 Å². The van der Waals surface area contributed by atoms with Gasteiger partial charge in [0.25, 0.3) is 11.6 Å². The third-order valence-corrected chi connectivity index (χ3v) is 3.98. The fraction of sp³-hybridized carbons (Fsp3) is 0.286. The van der Waals surface area contributed by atoms with Crippen LogP contribution in [0.25, 0.3) is 0 Å². The molecule has 0 spiro atoms. The number of hydrogen-bond donors (Lipinski definition) is 2. The van der Waals surface area contributed by atoms with Crippen molar-refractivity contribution in [1.82, 2.24) is 10.3 Å². The number of nitro groups is 1. The maximum Gasteiger partial charge on any atom is 0.270 e. The molecule has 0 saturated carbocycles. The van der Waals surface area contributed by atoms with Crippen LogP contribution in [0.5, 0.6) is 0 Å². The lowest BCUT2D eigenvalue weighted by atomic mass is 10.1. The molecule has 8 heteroatoms. The number of rotatable bonds is 6. The molecule has 1 aromatic heterocycles. The highest BCUT2D eigenvalue weighted by atomic mass is 32.1. The second-order valence-corrected chi connectivity index (χ2v) is 5.93. The summed E-state index contributed by atoms with van der Waals surface area (Å²) >= 11 is 1.62. The van der Waals surface area contributed by atoms with Gasteiger partial charge in [0.1, 0.15) is 0 Å². The number of nitrogens with zero attached hydrogens (tertiary/aromatic N) is 2. The van der Waals surface area contributed by atoms with Gasteiger partial charge in [-0.2, -0.15) is 0 Å². The summed E-state index contributed by atoms with van der Waals surface area (Å²) in [5.41, 5.74) is 0.713. The lowest BCUT2D eigenvalue weighted by molar-refractivity contribution is -0.384. The number of amides is 1. The summed E-state index contributed by atoms with van der Waals surface area (Å²) < 4.78 is 0. The minimum Gasteiger partial charge on any atom is -0.384 e. The quantitative estimate of drug-likeness (QED) is 0.629. The second-order valence-electron chi connectivity index (χ2n) is 4.61. The first-order chi connectivity index (χ1) is 10.5. The molecular weight excluding hydrogens is 304 g/mol. The van der Waals surface area contributed by atoms with E-state index < -0.39 is 4.92 Å². The smallest absolute Gasteiger partial charge is 0.270 e. The molecule has 0 unspecified atom stereocenters. The molecule has 0 aliphatic heterocycles. The van der Waals surface area contributed by atoms with Crippen molar-refractivity contribution in [1.29, 1.82) is 0 Å². The van der Waals surface area contributed by atoms with Crippen molar-refractivity contribution in [3.05, 3.63) is 50.0 Å². The van der Waals surface area contributed by atoms with Crippen molar-refractivity contribution in [2.24, 2.45) is 0 Å². The molecule has 2 aromatic rings. The first kappa shape index (κ1) is 15.9. The van der Waals surface area contributed by atoms with Gasteiger partial charge < -0.3 is 10.6 Å². The SMILES string of the molecule is CNC(=O)c1cc([N+](=O)[O-])ccc1NCCc1ncc(C)s1. The van der Waals surface area contributed by atoms with E-state index in [0.717, 1.165) is 16.3 Å². The maximum atomic E-state index is 11.9. The standard InChI is InChI=1S/C14H16N4O3S/c1-9-8-17-13(22-9)5-6-16-12-4-3-10(18(20)21)7-11(12)14(19)15-2/h3-4,7-8,16H,5-6H2,1-2H3,(H,15,19). The lowest BCUT2D eigenvalue weighted by Crippen LogP contribution is -2.20. The fourth-order valence-electron chi connectivity index (χ4n) is 1.94. The Morgan fingerprint density at radius 2 is 2.23 bits per heavy atom. The van der Waals surface area contributed by atoms with Crippen LogP contribution in [0.2, 0.25) is 0 Å². The molecule has 0 bridgehead atoms. The fourth-order valence-corrected chi connectivity index (χ4v) is 2.73. The van der Waals surface area contributed by atoms with Crippen molar-refractivity contribution in [3.63, 3.8) is 0 Å². The third kappa shape index (κ3) is 3.79. The number of non-ortho nitro benzene ring substituents is 1. The number of aryl methyl sites for hydroxylation is 1. The molecule has 0 saturated heterocycles. The van der Waals surface area contributed by atoms with Gasteiger partial charge in [0.2, 0.25) is 0 Å². The number of nitro benzene ring substituents is 1. The van der Waals surface area contributed by atoms with Gasteiger partial charge in [-0.15, -0.1) is 11.3 Å². The Labute approximate surface area is 131 Å². The molecule has 0 fully saturated rings. The van der Waals surface area contributed by atoms with Gasteiger partial charge in [-0.3, -0.25) is 14.9 Å². The lowest BCUT2D eigenvalue weighted by Gasteiger charge is -2.10. The molecule has 2 rings (SSSR count). The highest BCUT2D eigenvalue weighted by molar-refractivity contribution is 7.11. The number of carbonyl (C=O) groups is 1. The summed E-state index contributed by atoms with van der Waals surface area (Å²) in [4.78, 5) is 27.6. The molecule has 0 aliphatic carbocycles. The zero-order valence-electron chi connectivity index (χ0n) is 12.3. The maximum absolute atomic E-state index is 11.9. The second kappa shape index (κ2) is 6.99. The van der Waals surface area contributed by atoms with Crippen LogP contribution < -0.4 is 10.6 Å². The minimum absolute atomic E-state index is 0.111. The molecule has 1 heterocycles. The van der Waals surface area contributed by atoms with Gasteiger partial charge >= 0.3 is 0 Å². The van der Waals surface area contributed by atoms with E-state index in [2.05, 4.69) is 15.6 Å². The molecule has 1 amide bonds. The number of benzene rings is 1. The summed E-state index contributed by atoms with van der Waals surface area (Å²) in [7, 11) is 1.49. The summed E-state index contributed by atoms with van der Waals surface area (Å²) in [5, 5.41) is 17.5. The van der Waals surface area contributed by atoms with Crippen LogP contribution in [-0.2, 0) is 6.42 Å². The first-order valence-electron chi connectivity index (χ1n) is 6.67. The van der Waals surface area contributed by atoms with Gasteiger partial charge in [-0.1, -0.05) is 0 Å².